The van der Waals surface area contributed by atoms with Crippen LogP contribution >= 0.6 is 0 Å². The van der Waals surface area contributed by atoms with Gasteiger partial charge in [-0.2, -0.15) is 0 Å². The Balaban J connectivity index is 1.91. The van der Waals surface area contributed by atoms with Crippen LogP contribution in [0.15, 0.2) is 0 Å². The lowest BCUT2D eigenvalue weighted by atomic mass is 9.81. The van der Waals surface area contributed by atoms with Crippen molar-refractivity contribution in [3.63, 3.8) is 0 Å². The molecule has 5 nitrogen and oxygen atoms in total. The molecule has 17 heavy (non-hydrogen) atoms. The van der Waals surface area contributed by atoms with E-state index in [-0.39, 0.29) is 5.91 Å². The fourth-order valence-electron chi connectivity index (χ4n) is 2.50. The molecule has 0 aromatic heterocycles. The number of carboxylic acid groups (broad SMARTS) is 1. The fourth-order valence-corrected chi connectivity index (χ4v) is 2.50. The summed E-state index contributed by atoms with van der Waals surface area (Å²) in [6.45, 7) is 4.63. The van der Waals surface area contributed by atoms with Crippen LogP contribution in [0, 0.1) is 11.3 Å². The molecule has 1 amide bonds. The molecule has 1 atom stereocenters. The number of piperidine rings is 1. The van der Waals surface area contributed by atoms with Gasteiger partial charge in [-0.15, -0.1) is 0 Å². The molecule has 1 unspecified atom stereocenters. The number of nitrogens with one attached hydrogen (secondary N) is 1. The largest absolute Gasteiger partial charge is 0.481 e. The lowest BCUT2D eigenvalue weighted by Gasteiger charge is -2.38. The minimum Gasteiger partial charge on any atom is -0.481 e. The van der Waals surface area contributed by atoms with E-state index in [1.54, 1.807) is 11.8 Å². The first-order valence-corrected chi connectivity index (χ1v) is 6.23. The van der Waals surface area contributed by atoms with Crippen molar-refractivity contribution in [2.45, 2.75) is 26.2 Å². The monoisotopic (exact) mass is 240 g/mol. The SMILES string of the molecule is CC1(C(=O)O)CCCN(C(=O)CC2CNC2)C1. The van der Waals surface area contributed by atoms with E-state index in [9.17, 15) is 14.7 Å². The van der Waals surface area contributed by atoms with Crippen molar-refractivity contribution < 1.29 is 14.7 Å². The van der Waals surface area contributed by atoms with E-state index in [1.807, 2.05) is 0 Å². The van der Waals surface area contributed by atoms with Gasteiger partial charge in [-0.25, -0.2) is 0 Å². The van der Waals surface area contributed by atoms with E-state index < -0.39 is 11.4 Å². The van der Waals surface area contributed by atoms with Crippen molar-refractivity contribution in [1.82, 2.24) is 10.2 Å². The predicted molar refractivity (Wildman–Crippen MR) is 62.5 cm³/mol. The summed E-state index contributed by atoms with van der Waals surface area (Å²) in [4.78, 5) is 24.9. The van der Waals surface area contributed by atoms with Gasteiger partial charge in [0.1, 0.15) is 0 Å². The van der Waals surface area contributed by atoms with Gasteiger partial charge >= 0.3 is 5.97 Å². The molecule has 0 saturated carbocycles. The van der Waals surface area contributed by atoms with Gasteiger partial charge in [-0.3, -0.25) is 9.59 Å². The standard InChI is InChI=1S/C12H20N2O3/c1-12(11(16)17)3-2-4-14(8-12)10(15)5-9-6-13-7-9/h9,13H,2-8H2,1H3,(H,16,17). The summed E-state index contributed by atoms with van der Waals surface area (Å²) >= 11 is 0. The molecule has 0 spiro atoms. The number of hydrogen-bond acceptors (Lipinski definition) is 3. The Kier molecular flexibility index (Phi) is 3.38. The second-order valence-electron chi connectivity index (χ2n) is 5.51. The third-order valence-electron chi connectivity index (χ3n) is 3.89. The third-order valence-corrected chi connectivity index (χ3v) is 3.89. The summed E-state index contributed by atoms with van der Waals surface area (Å²) in [6.07, 6.45) is 2.01. The van der Waals surface area contributed by atoms with Crippen LogP contribution in [0.1, 0.15) is 26.2 Å². The van der Waals surface area contributed by atoms with Crippen molar-refractivity contribution in [3.05, 3.63) is 0 Å². The van der Waals surface area contributed by atoms with Gasteiger partial charge < -0.3 is 15.3 Å². The minimum absolute atomic E-state index is 0.115. The molecule has 0 radical (unpaired) electrons. The first-order valence-electron chi connectivity index (χ1n) is 6.23. The molecule has 2 saturated heterocycles. The van der Waals surface area contributed by atoms with Crippen LogP contribution in [0.25, 0.3) is 0 Å². The molecule has 5 heteroatoms. The van der Waals surface area contributed by atoms with Gasteiger partial charge in [0.15, 0.2) is 0 Å². The lowest BCUT2D eigenvalue weighted by molar-refractivity contribution is -0.153. The van der Waals surface area contributed by atoms with Gasteiger partial charge in [0, 0.05) is 19.5 Å². The molecular formula is C12H20N2O3. The molecular weight excluding hydrogens is 220 g/mol. The molecule has 2 N–H and O–H groups in total. The Morgan fingerprint density at radius 1 is 1.47 bits per heavy atom. The van der Waals surface area contributed by atoms with Gasteiger partial charge in [-0.1, -0.05) is 0 Å². The van der Waals surface area contributed by atoms with E-state index >= 15 is 0 Å². The van der Waals surface area contributed by atoms with Crippen LogP contribution in [-0.2, 0) is 9.59 Å². The van der Waals surface area contributed by atoms with Crippen molar-refractivity contribution in [3.8, 4) is 0 Å². The van der Waals surface area contributed by atoms with Crippen LogP contribution in [0.4, 0.5) is 0 Å². The van der Waals surface area contributed by atoms with Crippen LogP contribution in [0.5, 0.6) is 0 Å². The maximum Gasteiger partial charge on any atom is 0.311 e. The molecule has 2 fully saturated rings. The number of carbonyl (C=O) groups is 2. The average Bonchev–Trinajstić information content (AvgIpc) is 2.23. The average molecular weight is 240 g/mol. The van der Waals surface area contributed by atoms with Gasteiger partial charge in [-0.05, 0) is 38.8 Å². The summed E-state index contributed by atoms with van der Waals surface area (Å²) in [5.41, 5.74) is -0.758. The van der Waals surface area contributed by atoms with Crippen molar-refractivity contribution in [2.75, 3.05) is 26.2 Å². The maximum atomic E-state index is 12.0. The zero-order chi connectivity index (χ0) is 12.5. The van der Waals surface area contributed by atoms with Crippen molar-refractivity contribution in [2.24, 2.45) is 11.3 Å². The summed E-state index contributed by atoms with van der Waals surface area (Å²) in [7, 11) is 0. The number of carboxylic acids is 1. The van der Waals surface area contributed by atoms with Crippen LogP contribution < -0.4 is 5.32 Å². The number of carbonyl (C=O) groups excluding carboxylic acids is 1. The minimum atomic E-state index is -0.791. The second kappa shape index (κ2) is 4.64. The van der Waals surface area contributed by atoms with Crippen molar-refractivity contribution >= 4 is 11.9 Å². The third kappa shape index (κ3) is 2.60. The quantitative estimate of drug-likeness (QED) is 0.745. The number of amides is 1. The number of nitrogens with zero attached hydrogens (tertiary/aromatic N) is 1. The topological polar surface area (TPSA) is 69.6 Å². The van der Waals surface area contributed by atoms with Gasteiger partial charge in [0.2, 0.25) is 5.91 Å². The highest BCUT2D eigenvalue weighted by atomic mass is 16.4. The fraction of sp³-hybridized carbons (Fsp3) is 0.833. The Hall–Kier alpha value is -1.10. The highest BCUT2D eigenvalue weighted by Gasteiger charge is 2.39. The molecule has 0 aromatic rings. The van der Waals surface area contributed by atoms with E-state index in [1.165, 1.54) is 0 Å². The molecule has 2 rings (SSSR count). The normalized spacial score (nSPS) is 29.8. The molecule has 2 aliphatic heterocycles. The Morgan fingerprint density at radius 2 is 2.18 bits per heavy atom. The molecule has 0 aliphatic carbocycles. The summed E-state index contributed by atoms with van der Waals surface area (Å²) in [5.74, 6) is -0.232. The highest BCUT2D eigenvalue weighted by molar-refractivity contribution is 5.79. The van der Waals surface area contributed by atoms with Crippen LogP contribution in [0.2, 0.25) is 0 Å². The van der Waals surface area contributed by atoms with Crippen LogP contribution in [0.3, 0.4) is 0 Å². The molecule has 2 heterocycles. The van der Waals surface area contributed by atoms with Gasteiger partial charge in [0.25, 0.3) is 0 Å². The van der Waals surface area contributed by atoms with E-state index in [0.29, 0.717) is 31.8 Å². The number of likely N-dealkylation sites (tertiary alicyclic amines) is 1. The Bertz CT molecular complexity index is 328. The van der Waals surface area contributed by atoms with Gasteiger partial charge in [0.05, 0.1) is 5.41 Å². The number of aliphatic carboxylic acids is 1. The Labute approximate surface area is 101 Å². The van der Waals surface area contributed by atoms with Crippen molar-refractivity contribution in [1.29, 1.82) is 0 Å². The summed E-state index contributed by atoms with van der Waals surface area (Å²) < 4.78 is 0. The summed E-state index contributed by atoms with van der Waals surface area (Å²) in [6, 6.07) is 0. The molecule has 2 aliphatic rings. The maximum absolute atomic E-state index is 12.0. The van der Waals surface area contributed by atoms with E-state index in [0.717, 1.165) is 19.5 Å². The van der Waals surface area contributed by atoms with E-state index in [2.05, 4.69) is 5.32 Å². The second-order valence-corrected chi connectivity index (χ2v) is 5.51. The highest BCUT2D eigenvalue weighted by Crippen LogP contribution is 2.30. The molecule has 0 bridgehead atoms. The smallest absolute Gasteiger partial charge is 0.311 e. The summed E-state index contributed by atoms with van der Waals surface area (Å²) in [5, 5.41) is 12.3. The molecule has 0 aromatic carbocycles. The lowest BCUT2D eigenvalue weighted by Crippen LogP contribution is -2.50. The molecule has 96 valence electrons. The zero-order valence-electron chi connectivity index (χ0n) is 10.2. The van der Waals surface area contributed by atoms with E-state index in [4.69, 9.17) is 0 Å². The van der Waals surface area contributed by atoms with Crippen LogP contribution in [-0.4, -0.2) is 48.1 Å². The first kappa shape index (κ1) is 12.4. The number of rotatable bonds is 3. The Morgan fingerprint density at radius 3 is 2.71 bits per heavy atom. The first-order chi connectivity index (χ1) is 8.01. The zero-order valence-corrected chi connectivity index (χ0v) is 10.2. The number of hydrogen-bond donors (Lipinski definition) is 2. The predicted octanol–water partition coefficient (Wildman–Crippen LogP) is 0.309.